The molecule has 4 rings (SSSR count). The molecule has 0 radical (unpaired) electrons. The summed E-state index contributed by atoms with van der Waals surface area (Å²) < 4.78 is 6.22. The van der Waals surface area contributed by atoms with Crippen LogP contribution in [0, 0.1) is 0 Å². The van der Waals surface area contributed by atoms with Crippen LogP contribution in [0.5, 0.6) is 11.5 Å². The second-order valence-electron chi connectivity index (χ2n) is 7.76. The number of hydrogen-bond acceptors (Lipinski definition) is 3. The Kier molecular flexibility index (Phi) is 5.95. The van der Waals surface area contributed by atoms with Gasteiger partial charge in [-0.15, -0.1) is 0 Å². The number of carbonyl (C=O) groups is 1. The van der Waals surface area contributed by atoms with Crippen LogP contribution < -0.4 is 9.64 Å². The van der Waals surface area contributed by atoms with Crippen LogP contribution in [0.25, 0.3) is 0 Å². The molecule has 1 heterocycles. The van der Waals surface area contributed by atoms with Crippen molar-refractivity contribution in [3.63, 3.8) is 0 Å². The van der Waals surface area contributed by atoms with Gasteiger partial charge in [-0.1, -0.05) is 48.5 Å². The molecule has 0 aromatic heterocycles. The predicted molar refractivity (Wildman–Crippen MR) is 118 cm³/mol. The number of para-hydroxylation sites is 1. The van der Waals surface area contributed by atoms with Crippen molar-refractivity contribution in [1.29, 1.82) is 0 Å². The standard InChI is InChI=1S/C26H27NO2/c1-20(28)18-24-11-7-17-27(24)23-13-15-25(16-14-23)29-26-12-6-5-10-22(26)19-21-8-3-2-4-9-21/h2-6,8-10,12-16,24H,7,11,17-19H2,1H3. The molecule has 0 aliphatic carbocycles. The van der Waals surface area contributed by atoms with Gasteiger partial charge in [-0.2, -0.15) is 0 Å². The van der Waals surface area contributed by atoms with E-state index in [1.807, 2.05) is 30.3 Å². The van der Waals surface area contributed by atoms with Crippen molar-refractivity contribution in [1.82, 2.24) is 0 Å². The summed E-state index contributed by atoms with van der Waals surface area (Å²) >= 11 is 0. The fourth-order valence-corrected chi connectivity index (χ4v) is 4.12. The monoisotopic (exact) mass is 385 g/mol. The van der Waals surface area contributed by atoms with Crippen LogP contribution in [-0.2, 0) is 11.2 Å². The largest absolute Gasteiger partial charge is 0.457 e. The Morgan fingerprint density at radius 1 is 0.966 bits per heavy atom. The number of benzene rings is 3. The third kappa shape index (κ3) is 4.86. The Hall–Kier alpha value is -3.07. The van der Waals surface area contributed by atoms with Crippen LogP contribution >= 0.6 is 0 Å². The number of ketones is 1. The van der Waals surface area contributed by atoms with Gasteiger partial charge in [-0.05, 0) is 61.2 Å². The maximum Gasteiger partial charge on any atom is 0.131 e. The van der Waals surface area contributed by atoms with E-state index in [9.17, 15) is 4.79 Å². The predicted octanol–water partition coefficient (Wildman–Crippen LogP) is 6.02. The van der Waals surface area contributed by atoms with Crippen LogP contribution in [0.3, 0.4) is 0 Å². The maximum absolute atomic E-state index is 11.6. The zero-order valence-electron chi connectivity index (χ0n) is 16.9. The van der Waals surface area contributed by atoms with Gasteiger partial charge in [-0.3, -0.25) is 4.79 Å². The molecule has 29 heavy (non-hydrogen) atoms. The molecule has 0 saturated carbocycles. The lowest BCUT2D eigenvalue weighted by Gasteiger charge is -2.26. The van der Waals surface area contributed by atoms with Crippen molar-refractivity contribution in [2.75, 3.05) is 11.4 Å². The maximum atomic E-state index is 11.6. The quantitative estimate of drug-likeness (QED) is 0.498. The lowest BCUT2D eigenvalue weighted by molar-refractivity contribution is -0.117. The lowest BCUT2D eigenvalue weighted by atomic mass is 10.0. The van der Waals surface area contributed by atoms with Gasteiger partial charge in [0.05, 0.1) is 0 Å². The molecule has 3 aromatic carbocycles. The van der Waals surface area contributed by atoms with Gasteiger partial charge in [0.15, 0.2) is 0 Å². The normalized spacial score (nSPS) is 16.0. The summed E-state index contributed by atoms with van der Waals surface area (Å²) in [6.45, 7) is 2.69. The van der Waals surface area contributed by atoms with E-state index < -0.39 is 0 Å². The molecule has 3 heteroatoms. The van der Waals surface area contributed by atoms with Crippen molar-refractivity contribution in [3.8, 4) is 11.5 Å². The molecule has 1 atom stereocenters. The molecular formula is C26H27NO2. The average Bonchev–Trinajstić information content (AvgIpc) is 3.18. The average molecular weight is 386 g/mol. The fourth-order valence-electron chi connectivity index (χ4n) is 4.12. The minimum absolute atomic E-state index is 0.261. The third-order valence-corrected chi connectivity index (χ3v) is 5.51. The van der Waals surface area contributed by atoms with Gasteiger partial charge in [0.25, 0.3) is 0 Å². The first-order chi connectivity index (χ1) is 14.2. The number of carbonyl (C=O) groups excluding carboxylic acids is 1. The molecule has 3 aromatic rings. The molecule has 1 saturated heterocycles. The SMILES string of the molecule is CC(=O)CC1CCCN1c1ccc(Oc2ccccc2Cc2ccccc2)cc1. The number of Topliss-reactive ketones (excluding diaryl/α,β-unsaturated/α-hetero) is 1. The summed E-state index contributed by atoms with van der Waals surface area (Å²) in [6, 6.07) is 27.2. The van der Waals surface area contributed by atoms with Gasteiger partial charge in [-0.25, -0.2) is 0 Å². The third-order valence-electron chi connectivity index (χ3n) is 5.51. The van der Waals surface area contributed by atoms with Gasteiger partial charge >= 0.3 is 0 Å². The summed E-state index contributed by atoms with van der Waals surface area (Å²) in [6.07, 6.45) is 3.70. The minimum atomic E-state index is 0.261. The molecule has 1 fully saturated rings. The molecule has 1 aliphatic rings. The Bertz CT molecular complexity index is 950. The molecule has 148 valence electrons. The van der Waals surface area contributed by atoms with Gasteiger partial charge in [0.2, 0.25) is 0 Å². The van der Waals surface area contributed by atoms with E-state index in [-0.39, 0.29) is 5.78 Å². The highest BCUT2D eigenvalue weighted by atomic mass is 16.5. The van der Waals surface area contributed by atoms with E-state index >= 15 is 0 Å². The molecule has 0 amide bonds. The zero-order chi connectivity index (χ0) is 20.1. The summed E-state index contributed by atoms with van der Waals surface area (Å²) in [5.41, 5.74) is 3.60. The van der Waals surface area contributed by atoms with E-state index in [1.165, 1.54) is 16.8 Å². The Morgan fingerprint density at radius 3 is 2.45 bits per heavy atom. The Morgan fingerprint density at radius 2 is 1.69 bits per heavy atom. The summed E-state index contributed by atoms with van der Waals surface area (Å²) in [5, 5.41) is 0. The fraction of sp³-hybridized carbons (Fsp3) is 0.269. The number of anilines is 1. The Balaban J connectivity index is 1.48. The molecule has 1 aliphatic heterocycles. The van der Waals surface area contributed by atoms with Crippen LogP contribution in [0.15, 0.2) is 78.9 Å². The van der Waals surface area contributed by atoms with E-state index in [4.69, 9.17) is 4.74 Å². The van der Waals surface area contributed by atoms with E-state index in [0.29, 0.717) is 12.5 Å². The van der Waals surface area contributed by atoms with Crippen molar-refractivity contribution in [2.45, 2.75) is 38.6 Å². The number of ether oxygens (including phenoxy) is 1. The van der Waals surface area contributed by atoms with Crippen LogP contribution in [0.2, 0.25) is 0 Å². The number of nitrogens with zero attached hydrogens (tertiary/aromatic N) is 1. The van der Waals surface area contributed by atoms with Crippen LogP contribution in [0.4, 0.5) is 5.69 Å². The van der Waals surface area contributed by atoms with Crippen LogP contribution in [0.1, 0.15) is 37.3 Å². The van der Waals surface area contributed by atoms with Gasteiger partial charge < -0.3 is 9.64 Å². The van der Waals surface area contributed by atoms with E-state index in [2.05, 4.69) is 53.4 Å². The molecule has 0 bridgehead atoms. The first-order valence-electron chi connectivity index (χ1n) is 10.3. The molecule has 0 spiro atoms. The first-order valence-corrected chi connectivity index (χ1v) is 10.3. The molecule has 1 unspecified atom stereocenters. The smallest absolute Gasteiger partial charge is 0.131 e. The Labute approximate surface area is 172 Å². The number of hydrogen-bond donors (Lipinski definition) is 0. The summed E-state index contributed by atoms with van der Waals surface area (Å²) in [7, 11) is 0. The minimum Gasteiger partial charge on any atom is -0.457 e. The van der Waals surface area contributed by atoms with Crippen molar-refractivity contribution in [2.24, 2.45) is 0 Å². The van der Waals surface area contributed by atoms with Crippen molar-refractivity contribution >= 4 is 11.5 Å². The van der Waals surface area contributed by atoms with E-state index in [0.717, 1.165) is 37.3 Å². The summed E-state index contributed by atoms with van der Waals surface area (Å²) in [4.78, 5) is 13.9. The van der Waals surface area contributed by atoms with Gasteiger partial charge in [0, 0.05) is 31.1 Å². The highest BCUT2D eigenvalue weighted by Gasteiger charge is 2.25. The van der Waals surface area contributed by atoms with Crippen molar-refractivity contribution < 1.29 is 9.53 Å². The first kappa shape index (κ1) is 19.3. The number of rotatable bonds is 7. The highest BCUT2D eigenvalue weighted by molar-refractivity contribution is 5.77. The second-order valence-corrected chi connectivity index (χ2v) is 7.76. The molecular weight excluding hydrogens is 358 g/mol. The zero-order valence-corrected chi connectivity index (χ0v) is 16.9. The highest BCUT2D eigenvalue weighted by Crippen LogP contribution is 2.31. The van der Waals surface area contributed by atoms with Crippen molar-refractivity contribution in [3.05, 3.63) is 90.0 Å². The molecule has 3 nitrogen and oxygen atoms in total. The lowest BCUT2D eigenvalue weighted by Crippen LogP contribution is -2.30. The summed E-state index contributed by atoms with van der Waals surface area (Å²) in [5.74, 6) is 1.98. The molecule has 0 N–H and O–H groups in total. The topological polar surface area (TPSA) is 29.5 Å². The van der Waals surface area contributed by atoms with E-state index in [1.54, 1.807) is 6.92 Å². The van der Waals surface area contributed by atoms with Crippen LogP contribution in [-0.4, -0.2) is 18.4 Å². The van der Waals surface area contributed by atoms with Gasteiger partial charge in [0.1, 0.15) is 17.3 Å². The second kappa shape index (κ2) is 8.95.